The van der Waals surface area contributed by atoms with Gasteiger partial charge in [0, 0.05) is 19.0 Å². The van der Waals surface area contributed by atoms with E-state index in [1.165, 1.54) is 11.1 Å². The number of likely N-dealkylation sites (tertiary alicyclic amines) is 1. The average molecular weight is 314 g/mol. The molecule has 1 fully saturated rings. The van der Waals surface area contributed by atoms with Crippen molar-refractivity contribution in [3.8, 4) is 0 Å². The lowest BCUT2D eigenvalue weighted by atomic mass is 9.99. The van der Waals surface area contributed by atoms with Crippen molar-refractivity contribution in [2.45, 2.75) is 51.6 Å². The number of fused-ring (bicyclic) bond motifs is 1. The molecule has 6 heteroatoms. The molecule has 0 saturated carbocycles. The van der Waals surface area contributed by atoms with Crippen LogP contribution in [0.3, 0.4) is 0 Å². The van der Waals surface area contributed by atoms with E-state index in [2.05, 4.69) is 17.2 Å². The fourth-order valence-electron chi connectivity index (χ4n) is 3.27. The minimum absolute atomic E-state index is 0.110. The number of hydrogen-bond donors (Lipinski definition) is 0. The molecule has 0 aliphatic carbocycles. The summed E-state index contributed by atoms with van der Waals surface area (Å²) in [7, 11) is 0. The molecule has 1 saturated heterocycles. The van der Waals surface area contributed by atoms with Gasteiger partial charge in [-0.3, -0.25) is 9.59 Å². The summed E-state index contributed by atoms with van der Waals surface area (Å²) in [5, 5.41) is 8.54. The maximum atomic E-state index is 12.5. The third-order valence-electron chi connectivity index (χ3n) is 4.59. The van der Waals surface area contributed by atoms with E-state index < -0.39 is 0 Å². The van der Waals surface area contributed by atoms with Crippen molar-refractivity contribution in [1.29, 1.82) is 0 Å². The minimum atomic E-state index is -0.186. The summed E-state index contributed by atoms with van der Waals surface area (Å²) in [4.78, 5) is 26.8. The normalized spacial score (nSPS) is 18.3. The summed E-state index contributed by atoms with van der Waals surface area (Å²) in [6.45, 7) is 3.23. The summed E-state index contributed by atoms with van der Waals surface area (Å²) in [5.74, 6) is 0.110. The van der Waals surface area contributed by atoms with Gasteiger partial charge in [-0.2, -0.15) is 0 Å². The molecule has 0 N–H and O–H groups in total. The number of carbonyl (C=O) groups excluding carboxylic acids is 1. The standard InChI is InChI=1S/C17H22N4O2/c1-2-13-7-5-6-11-20(13)16(22)10-12-21-17(23)14-8-3-4-9-15(14)18-19-21/h3-4,8-9,13H,2,5-7,10-12H2,1H3. The van der Waals surface area contributed by atoms with Gasteiger partial charge in [0.05, 0.1) is 11.9 Å². The lowest BCUT2D eigenvalue weighted by molar-refractivity contribution is -0.135. The van der Waals surface area contributed by atoms with Gasteiger partial charge in [0.25, 0.3) is 5.56 Å². The monoisotopic (exact) mass is 314 g/mol. The van der Waals surface area contributed by atoms with Gasteiger partial charge in [-0.25, -0.2) is 4.68 Å². The van der Waals surface area contributed by atoms with E-state index >= 15 is 0 Å². The second-order valence-corrected chi connectivity index (χ2v) is 6.03. The molecule has 2 aromatic rings. The number of hydrogen-bond acceptors (Lipinski definition) is 4. The van der Waals surface area contributed by atoms with Gasteiger partial charge in [0.1, 0.15) is 5.52 Å². The van der Waals surface area contributed by atoms with Crippen molar-refractivity contribution in [2.24, 2.45) is 0 Å². The molecule has 0 radical (unpaired) electrons. The molecule has 1 aromatic heterocycles. The smallest absolute Gasteiger partial charge is 0.277 e. The van der Waals surface area contributed by atoms with Crippen LogP contribution in [-0.4, -0.2) is 38.4 Å². The molecule has 1 atom stereocenters. The summed E-state index contributed by atoms with van der Waals surface area (Å²) >= 11 is 0. The zero-order chi connectivity index (χ0) is 16.2. The molecule has 6 nitrogen and oxygen atoms in total. The highest BCUT2D eigenvalue weighted by molar-refractivity contribution is 5.77. The van der Waals surface area contributed by atoms with Gasteiger partial charge in [0.15, 0.2) is 0 Å². The summed E-state index contributed by atoms with van der Waals surface area (Å²) in [6.07, 6.45) is 4.62. The Labute approximate surface area is 135 Å². The van der Waals surface area contributed by atoms with E-state index in [1.54, 1.807) is 18.2 Å². The van der Waals surface area contributed by atoms with Crippen LogP contribution < -0.4 is 5.56 Å². The molecule has 1 aliphatic rings. The van der Waals surface area contributed by atoms with Crippen LogP contribution in [0, 0.1) is 0 Å². The predicted molar refractivity (Wildman–Crippen MR) is 88.1 cm³/mol. The molecule has 3 rings (SSSR count). The zero-order valence-electron chi connectivity index (χ0n) is 13.4. The van der Waals surface area contributed by atoms with E-state index in [-0.39, 0.29) is 18.0 Å². The summed E-state index contributed by atoms with van der Waals surface area (Å²) in [5.41, 5.74) is 0.399. The molecule has 1 aliphatic heterocycles. The number of amides is 1. The van der Waals surface area contributed by atoms with Crippen LogP contribution in [0.5, 0.6) is 0 Å². The van der Waals surface area contributed by atoms with E-state index in [0.29, 0.717) is 23.4 Å². The Bertz CT molecular complexity index is 756. The first kappa shape index (κ1) is 15.6. The van der Waals surface area contributed by atoms with Gasteiger partial charge >= 0.3 is 0 Å². The van der Waals surface area contributed by atoms with Crippen LogP contribution in [0.2, 0.25) is 0 Å². The molecule has 1 unspecified atom stereocenters. The molecule has 1 amide bonds. The zero-order valence-corrected chi connectivity index (χ0v) is 13.4. The van der Waals surface area contributed by atoms with E-state index in [9.17, 15) is 9.59 Å². The van der Waals surface area contributed by atoms with Crippen molar-refractivity contribution in [1.82, 2.24) is 19.9 Å². The van der Waals surface area contributed by atoms with E-state index in [0.717, 1.165) is 25.8 Å². The Morgan fingerprint density at radius 1 is 1.30 bits per heavy atom. The highest BCUT2D eigenvalue weighted by Crippen LogP contribution is 2.20. The van der Waals surface area contributed by atoms with Gasteiger partial charge in [-0.05, 0) is 37.8 Å². The second kappa shape index (κ2) is 6.89. The molecule has 122 valence electrons. The number of carbonyl (C=O) groups is 1. The highest BCUT2D eigenvalue weighted by atomic mass is 16.2. The Morgan fingerprint density at radius 2 is 2.13 bits per heavy atom. The van der Waals surface area contributed by atoms with Gasteiger partial charge in [0.2, 0.25) is 5.91 Å². The Morgan fingerprint density at radius 3 is 2.96 bits per heavy atom. The number of aryl methyl sites for hydroxylation is 1. The maximum Gasteiger partial charge on any atom is 0.277 e. The molecule has 23 heavy (non-hydrogen) atoms. The van der Waals surface area contributed by atoms with Crippen LogP contribution in [0.15, 0.2) is 29.1 Å². The first-order valence-electron chi connectivity index (χ1n) is 8.32. The first-order chi connectivity index (χ1) is 11.2. The predicted octanol–water partition coefficient (Wildman–Crippen LogP) is 1.97. The molecular formula is C17H22N4O2. The Kier molecular flexibility index (Phi) is 4.69. The summed E-state index contributed by atoms with van der Waals surface area (Å²) in [6, 6.07) is 7.48. The maximum absolute atomic E-state index is 12.5. The van der Waals surface area contributed by atoms with Crippen LogP contribution in [0.1, 0.15) is 39.0 Å². The quantitative estimate of drug-likeness (QED) is 0.865. The molecule has 0 bridgehead atoms. The van der Waals surface area contributed by atoms with E-state index in [4.69, 9.17) is 0 Å². The molecule has 1 aromatic carbocycles. The topological polar surface area (TPSA) is 68.1 Å². The van der Waals surface area contributed by atoms with Crippen LogP contribution in [-0.2, 0) is 11.3 Å². The summed E-state index contributed by atoms with van der Waals surface area (Å²) < 4.78 is 1.30. The van der Waals surface area contributed by atoms with Crippen molar-refractivity contribution in [3.05, 3.63) is 34.6 Å². The number of piperidine rings is 1. The van der Waals surface area contributed by atoms with Crippen molar-refractivity contribution in [3.63, 3.8) is 0 Å². The average Bonchev–Trinajstić information content (AvgIpc) is 2.61. The van der Waals surface area contributed by atoms with Crippen LogP contribution >= 0.6 is 0 Å². The number of benzene rings is 1. The van der Waals surface area contributed by atoms with Crippen molar-refractivity contribution in [2.75, 3.05) is 6.54 Å². The third-order valence-corrected chi connectivity index (χ3v) is 4.59. The lowest BCUT2D eigenvalue weighted by Gasteiger charge is -2.35. The second-order valence-electron chi connectivity index (χ2n) is 6.03. The van der Waals surface area contributed by atoms with Crippen LogP contribution in [0.4, 0.5) is 0 Å². The Hall–Kier alpha value is -2.24. The Balaban J connectivity index is 1.72. The third kappa shape index (κ3) is 3.25. The fraction of sp³-hybridized carbons (Fsp3) is 0.529. The minimum Gasteiger partial charge on any atom is -0.340 e. The van der Waals surface area contributed by atoms with Gasteiger partial charge < -0.3 is 4.90 Å². The number of aromatic nitrogens is 3. The molecule has 2 heterocycles. The van der Waals surface area contributed by atoms with Gasteiger partial charge in [-0.1, -0.05) is 24.3 Å². The largest absolute Gasteiger partial charge is 0.340 e. The number of nitrogens with zero attached hydrogens (tertiary/aromatic N) is 4. The first-order valence-corrected chi connectivity index (χ1v) is 8.32. The van der Waals surface area contributed by atoms with Crippen molar-refractivity contribution >= 4 is 16.8 Å². The van der Waals surface area contributed by atoms with Gasteiger partial charge in [-0.15, -0.1) is 5.10 Å². The lowest BCUT2D eigenvalue weighted by Crippen LogP contribution is -2.44. The number of rotatable bonds is 4. The van der Waals surface area contributed by atoms with Crippen molar-refractivity contribution < 1.29 is 4.79 Å². The van der Waals surface area contributed by atoms with E-state index in [1.807, 2.05) is 11.0 Å². The molecular weight excluding hydrogens is 292 g/mol. The SMILES string of the molecule is CCC1CCCCN1C(=O)CCn1nnc2ccccc2c1=O. The highest BCUT2D eigenvalue weighted by Gasteiger charge is 2.25. The molecule has 0 spiro atoms. The van der Waals surface area contributed by atoms with Crippen LogP contribution in [0.25, 0.3) is 10.9 Å². The fourth-order valence-corrected chi connectivity index (χ4v) is 3.27.